The van der Waals surface area contributed by atoms with E-state index in [0.29, 0.717) is 5.56 Å². The van der Waals surface area contributed by atoms with E-state index in [-0.39, 0.29) is 16.3 Å². The monoisotopic (exact) mass is 381 g/mol. The number of sulfonamides is 1. The first-order valence-corrected chi connectivity index (χ1v) is 11.0. The van der Waals surface area contributed by atoms with Crippen molar-refractivity contribution in [2.45, 2.75) is 28.9 Å². The molecule has 0 bridgehead atoms. The van der Waals surface area contributed by atoms with Crippen molar-refractivity contribution in [2.24, 2.45) is 0 Å². The van der Waals surface area contributed by atoms with Gasteiger partial charge in [-0.25, -0.2) is 16.8 Å². The molecule has 1 aliphatic rings. The number of rotatable bonds is 5. The molecule has 1 heterocycles. The van der Waals surface area contributed by atoms with Crippen molar-refractivity contribution in [3.05, 3.63) is 59.7 Å². The van der Waals surface area contributed by atoms with Gasteiger partial charge in [-0.1, -0.05) is 29.8 Å². The van der Waals surface area contributed by atoms with E-state index in [2.05, 4.69) is 0 Å². The van der Waals surface area contributed by atoms with Crippen LogP contribution in [0.2, 0.25) is 0 Å². The van der Waals surface area contributed by atoms with Gasteiger partial charge in [0, 0.05) is 12.8 Å². The standard InChI is InChI=1S/C17H19NO5S2/c1-12-3-7-15(8-4-12)25(22,23)18-11-16(18)17(19)13-5-9-14(10-6-13)24(2,20)21/h3-10,16-17,19H,11H2,1-2H3/t16?,17?,18-/m1/s1. The van der Waals surface area contributed by atoms with Crippen LogP contribution in [-0.2, 0) is 19.9 Å². The van der Waals surface area contributed by atoms with E-state index in [9.17, 15) is 21.9 Å². The smallest absolute Gasteiger partial charge is 0.243 e. The lowest BCUT2D eigenvalue weighted by atomic mass is 10.1. The highest BCUT2D eigenvalue weighted by Gasteiger charge is 2.49. The maximum Gasteiger partial charge on any atom is 0.243 e. The summed E-state index contributed by atoms with van der Waals surface area (Å²) in [6.45, 7) is 2.10. The van der Waals surface area contributed by atoms with Crippen LogP contribution in [0.25, 0.3) is 0 Å². The molecule has 1 aliphatic heterocycles. The van der Waals surface area contributed by atoms with Gasteiger partial charge in [0.25, 0.3) is 0 Å². The van der Waals surface area contributed by atoms with Crippen LogP contribution in [0.4, 0.5) is 0 Å². The lowest BCUT2D eigenvalue weighted by Gasteiger charge is -2.12. The summed E-state index contributed by atoms with van der Waals surface area (Å²) in [6, 6.07) is 11.9. The summed E-state index contributed by atoms with van der Waals surface area (Å²) >= 11 is 0. The molecule has 25 heavy (non-hydrogen) atoms. The molecule has 0 aromatic heterocycles. The average Bonchev–Trinajstić information content (AvgIpc) is 3.35. The summed E-state index contributed by atoms with van der Waals surface area (Å²) in [5.41, 5.74) is 1.45. The summed E-state index contributed by atoms with van der Waals surface area (Å²) in [7, 11) is -6.95. The Bertz CT molecular complexity index is 980. The Labute approximate surface area is 147 Å². The van der Waals surface area contributed by atoms with E-state index in [0.717, 1.165) is 11.8 Å². The lowest BCUT2D eigenvalue weighted by molar-refractivity contribution is 0.168. The topological polar surface area (TPSA) is 91.5 Å². The molecule has 0 saturated carbocycles. The predicted molar refractivity (Wildman–Crippen MR) is 93.4 cm³/mol. The molecular formula is C17H19NO5S2. The Morgan fingerprint density at radius 2 is 1.48 bits per heavy atom. The summed E-state index contributed by atoms with van der Waals surface area (Å²) in [5, 5.41) is 10.4. The zero-order valence-electron chi connectivity index (χ0n) is 13.8. The van der Waals surface area contributed by atoms with Crippen LogP contribution >= 0.6 is 0 Å². The Hall–Kier alpha value is -1.74. The van der Waals surface area contributed by atoms with Gasteiger partial charge in [-0.15, -0.1) is 0 Å². The van der Waals surface area contributed by atoms with E-state index in [1.165, 1.54) is 28.6 Å². The Morgan fingerprint density at radius 1 is 0.960 bits per heavy atom. The molecule has 1 fully saturated rings. The third-order valence-electron chi connectivity index (χ3n) is 4.25. The van der Waals surface area contributed by atoms with Crippen molar-refractivity contribution >= 4 is 19.9 Å². The minimum Gasteiger partial charge on any atom is -0.387 e. The highest BCUT2D eigenvalue weighted by atomic mass is 32.2. The number of benzene rings is 2. The van der Waals surface area contributed by atoms with E-state index in [4.69, 9.17) is 0 Å². The van der Waals surface area contributed by atoms with E-state index >= 15 is 0 Å². The van der Waals surface area contributed by atoms with Crippen LogP contribution in [0.15, 0.2) is 58.3 Å². The fourth-order valence-corrected chi connectivity index (χ4v) is 4.85. The number of aryl methyl sites for hydroxylation is 1. The van der Waals surface area contributed by atoms with Crippen LogP contribution < -0.4 is 0 Å². The minimum absolute atomic E-state index is 0.156. The normalized spacial score (nSPS) is 21.7. The molecule has 6 nitrogen and oxygen atoms in total. The zero-order valence-corrected chi connectivity index (χ0v) is 15.5. The number of hydrogen-bond acceptors (Lipinski definition) is 5. The number of sulfone groups is 1. The Morgan fingerprint density at radius 3 is 2.00 bits per heavy atom. The van der Waals surface area contributed by atoms with Crippen molar-refractivity contribution in [2.75, 3.05) is 12.8 Å². The average molecular weight is 381 g/mol. The van der Waals surface area contributed by atoms with Gasteiger partial charge in [0.1, 0.15) is 0 Å². The molecule has 8 heteroatoms. The fourth-order valence-electron chi connectivity index (χ4n) is 2.65. The fraction of sp³-hybridized carbons (Fsp3) is 0.294. The van der Waals surface area contributed by atoms with Gasteiger partial charge >= 0.3 is 0 Å². The summed E-state index contributed by atoms with van der Waals surface area (Å²) in [6.07, 6.45) is 0.101. The lowest BCUT2D eigenvalue weighted by Crippen LogP contribution is -2.18. The van der Waals surface area contributed by atoms with Crippen LogP contribution in [-0.4, -0.2) is 45.1 Å². The molecule has 134 valence electrons. The molecule has 2 unspecified atom stereocenters. The molecule has 3 rings (SSSR count). The largest absolute Gasteiger partial charge is 0.387 e. The predicted octanol–water partition coefficient (Wildman–Crippen LogP) is 1.51. The van der Waals surface area contributed by atoms with E-state index in [1.54, 1.807) is 24.3 Å². The molecule has 0 aliphatic carbocycles. The number of aliphatic hydroxyl groups excluding tert-OH is 1. The molecule has 0 spiro atoms. The van der Waals surface area contributed by atoms with Gasteiger partial charge in [-0.2, -0.15) is 4.31 Å². The first-order valence-electron chi connectivity index (χ1n) is 7.67. The maximum absolute atomic E-state index is 12.6. The molecule has 1 saturated heterocycles. The summed E-state index contributed by atoms with van der Waals surface area (Å²) in [5.74, 6) is 0. The third-order valence-corrected chi connectivity index (χ3v) is 7.28. The van der Waals surface area contributed by atoms with Crippen LogP contribution in [0, 0.1) is 6.92 Å². The Kier molecular flexibility index (Phi) is 4.48. The van der Waals surface area contributed by atoms with Crippen molar-refractivity contribution in [3.8, 4) is 0 Å². The Balaban J connectivity index is 1.77. The second-order valence-corrected chi connectivity index (χ2v) is 10.1. The van der Waals surface area contributed by atoms with E-state index < -0.39 is 32.0 Å². The van der Waals surface area contributed by atoms with Crippen molar-refractivity contribution < 1.29 is 21.9 Å². The molecule has 0 amide bonds. The van der Waals surface area contributed by atoms with Gasteiger partial charge in [0.2, 0.25) is 10.0 Å². The number of hydrogen-bond donors (Lipinski definition) is 1. The molecule has 0 radical (unpaired) electrons. The van der Waals surface area contributed by atoms with Crippen molar-refractivity contribution in [1.82, 2.24) is 4.31 Å². The quantitative estimate of drug-likeness (QED) is 0.793. The van der Waals surface area contributed by atoms with Gasteiger partial charge in [0.05, 0.1) is 21.9 Å². The van der Waals surface area contributed by atoms with Crippen molar-refractivity contribution in [3.63, 3.8) is 0 Å². The molecule has 2 aromatic carbocycles. The zero-order chi connectivity index (χ0) is 18.4. The number of nitrogens with zero attached hydrogens (tertiary/aromatic N) is 1. The number of aliphatic hydroxyl groups is 1. The van der Waals surface area contributed by atoms with Gasteiger partial charge < -0.3 is 5.11 Å². The molecule has 1 N–H and O–H groups in total. The third kappa shape index (κ3) is 3.62. The summed E-state index contributed by atoms with van der Waals surface area (Å²) < 4.78 is 49.3. The van der Waals surface area contributed by atoms with Crippen molar-refractivity contribution in [1.29, 1.82) is 0 Å². The highest BCUT2D eigenvalue weighted by molar-refractivity contribution is 7.90. The summed E-state index contributed by atoms with van der Waals surface area (Å²) in [4.78, 5) is 0.351. The first kappa shape index (κ1) is 18.1. The second-order valence-electron chi connectivity index (χ2n) is 6.24. The highest BCUT2D eigenvalue weighted by Crippen LogP contribution is 2.36. The first-order chi connectivity index (χ1) is 11.6. The van der Waals surface area contributed by atoms with Gasteiger partial charge in [-0.05, 0) is 36.8 Å². The van der Waals surface area contributed by atoms with Crippen LogP contribution in [0.1, 0.15) is 17.2 Å². The molecular weight excluding hydrogens is 362 g/mol. The molecule has 2 aromatic rings. The van der Waals surface area contributed by atoms with Gasteiger partial charge in [0.15, 0.2) is 9.84 Å². The SMILES string of the molecule is Cc1ccc(S(=O)(=O)[N@]2CC2C(O)c2ccc(S(C)(=O)=O)cc2)cc1. The minimum atomic E-state index is -3.64. The van der Waals surface area contributed by atoms with E-state index in [1.807, 2.05) is 6.92 Å². The maximum atomic E-state index is 12.6. The van der Waals surface area contributed by atoms with Gasteiger partial charge in [-0.3, -0.25) is 0 Å². The second kappa shape index (κ2) is 6.21. The van der Waals surface area contributed by atoms with Crippen LogP contribution in [0.3, 0.4) is 0 Å². The molecule has 3 atom stereocenters. The van der Waals surface area contributed by atoms with Crippen LogP contribution in [0.5, 0.6) is 0 Å².